The Bertz CT molecular complexity index is 489. The van der Waals surface area contributed by atoms with E-state index in [0.29, 0.717) is 11.5 Å². The molecule has 2 atom stereocenters. The van der Waals surface area contributed by atoms with E-state index in [1.54, 1.807) is 0 Å². The Balaban J connectivity index is 2.16. The van der Waals surface area contributed by atoms with E-state index in [0.717, 1.165) is 31.5 Å². The van der Waals surface area contributed by atoms with E-state index in [1.165, 1.54) is 6.42 Å². The fraction of sp³-hybridized carbons (Fsp3) is 0.588. The molecule has 4 nitrogen and oxygen atoms in total. The molecule has 3 N–H and O–H groups in total. The van der Waals surface area contributed by atoms with Gasteiger partial charge in [0.05, 0.1) is 17.7 Å². The minimum absolute atomic E-state index is 0.00640. The fourth-order valence-electron chi connectivity index (χ4n) is 3.29. The maximum atomic E-state index is 12.6. The molecule has 0 aromatic heterocycles. The molecule has 1 amide bonds. The van der Waals surface area contributed by atoms with Gasteiger partial charge in [0.1, 0.15) is 0 Å². The summed E-state index contributed by atoms with van der Waals surface area (Å²) >= 11 is 0. The number of anilines is 1. The van der Waals surface area contributed by atoms with Crippen molar-refractivity contribution in [3.8, 4) is 0 Å². The van der Waals surface area contributed by atoms with Crippen molar-refractivity contribution >= 4 is 11.6 Å². The first kappa shape index (κ1) is 15.8. The molecule has 21 heavy (non-hydrogen) atoms. The standard InChI is InChI=1S/C17H26N2O2/c1-3-18-15-9-5-4-8-14(15)16(21)19-17(12-20)10-6-7-13(2)11-17/h4-5,8-9,13,18,20H,3,6-7,10-12H2,1-2H3,(H,19,21). The highest BCUT2D eigenvalue weighted by molar-refractivity contribution is 6.00. The Morgan fingerprint density at radius 1 is 1.43 bits per heavy atom. The zero-order valence-corrected chi connectivity index (χ0v) is 13.0. The molecule has 2 unspecified atom stereocenters. The second-order valence-electron chi connectivity index (χ2n) is 6.17. The number of hydrogen-bond acceptors (Lipinski definition) is 3. The minimum Gasteiger partial charge on any atom is -0.394 e. The molecule has 1 fully saturated rings. The number of rotatable bonds is 5. The summed E-state index contributed by atoms with van der Waals surface area (Å²) in [5, 5.41) is 16.1. The van der Waals surface area contributed by atoms with E-state index >= 15 is 0 Å². The Hall–Kier alpha value is -1.55. The van der Waals surface area contributed by atoms with E-state index in [9.17, 15) is 9.90 Å². The molecule has 0 bridgehead atoms. The maximum Gasteiger partial charge on any atom is 0.253 e. The van der Waals surface area contributed by atoms with Gasteiger partial charge in [0.15, 0.2) is 0 Å². The lowest BCUT2D eigenvalue weighted by atomic mass is 9.76. The summed E-state index contributed by atoms with van der Waals surface area (Å²) in [6.07, 6.45) is 3.92. The third kappa shape index (κ3) is 3.76. The number of para-hydroxylation sites is 1. The first-order chi connectivity index (χ1) is 10.1. The molecule has 1 saturated carbocycles. The van der Waals surface area contributed by atoms with Crippen molar-refractivity contribution in [2.24, 2.45) is 5.92 Å². The van der Waals surface area contributed by atoms with Crippen LogP contribution in [0.3, 0.4) is 0 Å². The lowest BCUT2D eigenvalue weighted by Crippen LogP contribution is -2.53. The van der Waals surface area contributed by atoms with Gasteiger partial charge in [-0.2, -0.15) is 0 Å². The van der Waals surface area contributed by atoms with Crippen LogP contribution in [0.2, 0.25) is 0 Å². The van der Waals surface area contributed by atoms with Crippen LogP contribution < -0.4 is 10.6 Å². The van der Waals surface area contributed by atoms with Gasteiger partial charge in [-0.05, 0) is 37.8 Å². The van der Waals surface area contributed by atoms with Crippen LogP contribution in [0.1, 0.15) is 49.9 Å². The van der Waals surface area contributed by atoms with E-state index in [4.69, 9.17) is 0 Å². The van der Waals surface area contributed by atoms with Gasteiger partial charge in [0.25, 0.3) is 5.91 Å². The fourth-order valence-corrected chi connectivity index (χ4v) is 3.29. The molecule has 1 aromatic carbocycles. The van der Waals surface area contributed by atoms with Crippen molar-refractivity contribution in [3.63, 3.8) is 0 Å². The molecule has 0 spiro atoms. The number of hydrogen-bond donors (Lipinski definition) is 3. The van der Waals surface area contributed by atoms with Crippen LogP contribution in [-0.2, 0) is 0 Å². The van der Waals surface area contributed by atoms with Crippen molar-refractivity contribution in [2.45, 2.75) is 45.1 Å². The smallest absolute Gasteiger partial charge is 0.253 e. The molecule has 4 heteroatoms. The second-order valence-corrected chi connectivity index (χ2v) is 6.17. The van der Waals surface area contributed by atoms with Crippen LogP contribution >= 0.6 is 0 Å². The Labute approximate surface area is 126 Å². The zero-order valence-electron chi connectivity index (χ0n) is 13.0. The largest absolute Gasteiger partial charge is 0.394 e. The van der Waals surface area contributed by atoms with Crippen LogP contribution in [0, 0.1) is 5.92 Å². The average molecular weight is 290 g/mol. The predicted molar refractivity (Wildman–Crippen MR) is 85.5 cm³/mol. The predicted octanol–water partition coefficient (Wildman–Crippen LogP) is 2.79. The summed E-state index contributed by atoms with van der Waals surface area (Å²) in [6, 6.07) is 7.52. The van der Waals surface area contributed by atoms with Gasteiger partial charge in [0.2, 0.25) is 0 Å². The molecule has 116 valence electrons. The number of aliphatic hydroxyl groups is 1. The molecular weight excluding hydrogens is 264 g/mol. The highest BCUT2D eigenvalue weighted by Gasteiger charge is 2.36. The van der Waals surface area contributed by atoms with Crippen molar-refractivity contribution in [1.29, 1.82) is 0 Å². The van der Waals surface area contributed by atoms with Crippen LogP contribution in [0.4, 0.5) is 5.69 Å². The zero-order chi connectivity index (χ0) is 15.3. The van der Waals surface area contributed by atoms with E-state index in [-0.39, 0.29) is 12.5 Å². The lowest BCUT2D eigenvalue weighted by Gasteiger charge is -2.39. The minimum atomic E-state index is -0.464. The molecule has 1 aliphatic carbocycles. The van der Waals surface area contributed by atoms with Crippen molar-refractivity contribution < 1.29 is 9.90 Å². The molecule has 0 radical (unpaired) electrons. The molecule has 0 aliphatic heterocycles. The third-order valence-electron chi connectivity index (χ3n) is 4.31. The highest BCUT2D eigenvalue weighted by atomic mass is 16.3. The molecular formula is C17H26N2O2. The van der Waals surface area contributed by atoms with Crippen LogP contribution in [-0.4, -0.2) is 29.7 Å². The Morgan fingerprint density at radius 3 is 2.86 bits per heavy atom. The summed E-state index contributed by atoms with van der Waals surface area (Å²) in [7, 11) is 0. The van der Waals surface area contributed by atoms with E-state index in [2.05, 4.69) is 17.6 Å². The van der Waals surface area contributed by atoms with Crippen LogP contribution in [0.15, 0.2) is 24.3 Å². The second kappa shape index (κ2) is 6.94. The quantitative estimate of drug-likeness (QED) is 0.781. The number of carbonyl (C=O) groups excluding carboxylic acids is 1. The molecule has 0 heterocycles. The van der Waals surface area contributed by atoms with Gasteiger partial charge < -0.3 is 15.7 Å². The number of carbonyl (C=O) groups is 1. The first-order valence-electron chi connectivity index (χ1n) is 7.86. The van der Waals surface area contributed by atoms with Crippen molar-refractivity contribution in [1.82, 2.24) is 5.32 Å². The number of benzene rings is 1. The van der Waals surface area contributed by atoms with Crippen molar-refractivity contribution in [3.05, 3.63) is 29.8 Å². The van der Waals surface area contributed by atoms with Crippen molar-refractivity contribution in [2.75, 3.05) is 18.5 Å². The van der Waals surface area contributed by atoms with Gasteiger partial charge in [-0.15, -0.1) is 0 Å². The van der Waals surface area contributed by atoms with Gasteiger partial charge in [-0.1, -0.05) is 31.9 Å². The highest BCUT2D eigenvalue weighted by Crippen LogP contribution is 2.32. The van der Waals surface area contributed by atoms with E-state index in [1.807, 2.05) is 31.2 Å². The van der Waals surface area contributed by atoms with Gasteiger partial charge in [-0.3, -0.25) is 4.79 Å². The summed E-state index contributed by atoms with van der Waals surface area (Å²) < 4.78 is 0. The normalized spacial score (nSPS) is 25.4. The maximum absolute atomic E-state index is 12.6. The van der Waals surface area contributed by atoms with Gasteiger partial charge in [-0.25, -0.2) is 0 Å². The number of nitrogens with one attached hydrogen (secondary N) is 2. The van der Waals surface area contributed by atoms with E-state index < -0.39 is 5.54 Å². The monoisotopic (exact) mass is 290 g/mol. The Kier molecular flexibility index (Phi) is 5.23. The molecule has 0 saturated heterocycles. The van der Waals surface area contributed by atoms with Crippen LogP contribution in [0.5, 0.6) is 0 Å². The van der Waals surface area contributed by atoms with Gasteiger partial charge >= 0.3 is 0 Å². The topological polar surface area (TPSA) is 61.4 Å². The summed E-state index contributed by atoms with van der Waals surface area (Å²) in [4.78, 5) is 12.6. The summed E-state index contributed by atoms with van der Waals surface area (Å²) in [5.74, 6) is 0.435. The third-order valence-corrected chi connectivity index (χ3v) is 4.31. The van der Waals surface area contributed by atoms with Gasteiger partial charge in [0, 0.05) is 12.2 Å². The number of aliphatic hydroxyl groups excluding tert-OH is 1. The summed E-state index contributed by atoms with van der Waals surface area (Å²) in [5.41, 5.74) is 1.02. The molecule has 2 rings (SSSR count). The molecule has 1 aliphatic rings. The number of amides is 1. The Morgan fingerprint density at radius 2 is 2.19 bits per heavy atom. The van der Waals surface area contributed by atoms with Crippen LogP contribution in [0.25, 0.3) is 0 Å². The average Bonchev–Trinajstić information content (AvgIpc) is 2.48. The first-order valence-corrected chi connectivity index (χ1v) is 7.86. The molecule has 1 aromatic rings. The lowest BCUT2D eigenvalue weighted by molar-refractivity contribution is 0.0698. The SMILES string of the molecule is CCNc1ccccc1C(=O)NC1(CO)CCCC(C)C1. The summed E-state index contributed by atoms with van der Waals surface area (Å²) in [6.45, 7) is 4.97.